The maximum Gasteiger partial charge on any atom is 0.156 e. The summed E-state index contributed by atoms with van der Waals surface area (Å²) in [6.45, 7) is 0. The first kappa shape index (κ1) is 29.0. The van der Waals surface area contributed by atoms with E-state index in [1.54, 1.807) is 11.3 Å². The van der Waals surface area contributed by atoms with E-state index in [4.69, 9.17) is 21.6 Å². The van der Waals surface area contributed by atoms with Gasteiger partial charge in [-0.15, -0.1) is 22.7 Å². The van der Waals surface area contributed by atoms with E-state index in [1.165, 1.54) is 63.9 Å². The van der Waals surface area contributed by atoms with Crippen molar-refractivity contribution in [2.24, 2.45) is 5.92 Å². The van der Waals surface area contributed by atoms with Crippen molar-refractivity contribution in [2.45, 2.75) is 5.92 Å². The molecule has 0 N–H and O–H groups in total. The summed E-state index contributed by atoms with van der Waals surface area (Å²) in [4.78, 5) is 12.3. The average molecular weight is 720 g/mol. The highest BCUT2D eigenvalue weighted by Crippen LogP contribution is 2.52. The lowest BCUT2D eigenvalue weighted by atomic mass is 9.81. The lowest BCUT2D eigenvalue weighted by Gasteiger charge is -2.24. The van der Waals surface area contributed by atoms with Crippen molar-refractivity contribution in [1.29, 1.82) is 0 Å². The monoisotopic (exact) mass is 719 g/mol. The summed E-state index contributed by atoms with van der Waals surface area (Å²) in [6, 6.07) is 39.4. The Hall–Kier alpha value is -5.59. The van der Waals surface area contributed by atoms with Crippen LogP contribution in [0.3, 0.4) is 0 Å². The first-order chi connectivity index (χ1) is 25.7. The van der Waals surface area contributed by atoms with Crippen molar-refractivity contribution in [2.75, 3.05) is 0 Å². The molecule has 3 nitrogen and oxygen atoms in total. The third-order valence-electron chi connectivity index (χ3n) is 11.0. The lowest BCUT2D eigenvalue weighted by molar-refractivity contribution is 0.705. The Balaban J connectivity index is 1.17. The van der Waals surface area contributed by atoms with E-state index in [0.717, 1.165) is 31.7 Å². The fraction of sp³-hybridized carbons (Fsp3) is 0.0435. The molecule has 0 bridgehead atoms. The Morgan fingerprint density at radius 3 is 2.23 bits per heavy atom. The molecule has 0 aliphatic heterocycles. The molecule has 2 unspecified atom stereocenters. The molecule has 2 atom stereocenters. The zero-order valence-electron chi connectivity index (χ0n) is 27.5. The molecule has 0 radical (unpaired) electrons. The molecule has 0 spiro atoms. The molecule has 4 aromatic heterocycles. The van der Waals surface area contributed by atoms with Crippen LogP contribution in [0.15, 0.2) is 140 Å². The number of hydrogen-bond acceptors (Lipinski definition) is 4. The smallest absolute Gasteiger partial charge is 0.156 e. The number of aromatic nitrogens is 3. The maximum atomic E-state index is 6.89. The largest absolute Gasteiger partial charge is 0.307 e. The van der Waals surface area contributed by atoms with E-state index in [-0.39, 0.29) is 0 Å². The van der Waals surface area contributed by atoms with Gasteiger partial charge in [-0.2, -0.15) is 0 Å². The second-order valence-electron chi connectivity index (χ2n) is 13.8. The second kappa shape index (κ2) is 10.7. The molecule has 12 rings (SSSR count). The third-order valence-corrected chi connectivity index (χ3v) is 13.7. The average Bonchev–Trinajstić information content (AvgIpc) is 3.88. The Morgan fingerprint density at radius 1 is 0.615 bits per heavy atom. The van der Waals surface area contributed by atoms with Gasteiger partial charge in [-0.3, -0.25) is 0 Å². The van der Waals surface area contributed by atoms with Crippen molar-refractivity contribution in [3.05, 3.63) is 155 Å². The van der Waals surface area contributed by atoms with Crippen LogP contribution in [-0.4, -0.2) is 14.5 Å². The van der Waals surface area contributed by atoms with Crippen molar-refractivity contribution in [3.8, 4) is 16.9 Å². The molecule has 6 heteroatoms. The number of thiophene rings is 2. The number of allylic oxidation sites excluding steroid dienone is 5. The molecule has 4 heterocycles. The Bertz CT molecular complexity index is 3270. The standard InChI is InChI=1S/C46H26ClN3S2/c47-45-39(49-46-40(48-45)33-15-7-8-16-36(33)51-46)27-17-21-28(22-18-27)50-41-29-11-3-1-9-25(29)19-23-34(41)37-31-13-5-6-14-32(31)38-35-24-20-26-10-2-4-12-30(26)43(35)52-44(38)42(37)50/h1-24,26,30H. The Labute approximate surface area is 311 Å². The van der Waals surface area contributed by atoms with Crippen LogP contribution in [0.1, 0.15) is 16.4 Å². The van der Waals surface area contributed by atoms with E-state index in [0.29, 0.717) is 22.7 Å². The van der Waals surface area contributed by atoms with Gasteiger partial charge in [0.2, 0.25) is 0 Å². The van der Waals surface area contributed by atoms with Gasteiger partial charge in [0, 0.05) is 59.6 Å². The summed E-state index contributed by atoms with van der Waals surface area (Å²) in [5, 5.41) is 10.5. The topological polar surface area (TPSA) is 30.7 Å². The van der Waals surface area contributed by atoms with Crippen molar-refractivity contribution >= 4 is 114 Å². The van der Waals surface area contributed by atoms with Gasteiger partial charge in [0.25, 0.3) is 0 Å². The molecule has 10 aromatic rings. The summed E-state index contributed by atoms with van der Waals surface area (Å²) >= 11 is 10.5. The van der Waals surface area contributed by atoms with Crippen LogP contribution in [0.5, 0.6) is 0 Å². The first-order valence-electron chi connectivity index (χ1n) is 17.5. The van der Waals surface area contributed by atoms with Crippen LogP contribution in [0, 0.1) is 5.92 Å². The predicted octanol–water partition coefficient (Wildman–Crippen LogP) is 13.6. The van der Waals surface area contributed by atoms with Crippen LogP contribution < -0.4 is 0 Å². The molecular weight excluding hydrogens is 694 g/mol. The number of nitrogens with zero attached hydrogens (tertiary/aromatic N) is 3. The lowest BCUT2D eigenvalue weighted by Crippen LogP contribution is -2.11. The maximum absolute atomic E-state index is 6.89. The van der Waals surface area contributed by atoms with Crippen LogP contribution in [0.2, 0.25) is 5.15 Å². The number of rotatable bonds is 2. The SMILES string of the molecule is Clc1nc2c(nc1-c1ccc(-n3c4c5ccccc5ccc4c4c5ccccc5c5c6c(sc5c43)C3C=CC=CC3C=C6)cc1)sc1ccccc12. The summed E-state index contributed by atoms with van der Waals surface area (Å²) in [5.74, 6) is 0.731. The number of fused-ring (bicyclic) bond motifs is 17. The first-order valence-corrected chi connectivity index (χ1v) is 19.5. The van der Waals surface area contributed by atoms with Crippen molar-refractivity contribution in [1.82, 2.24) is 14.5 Å². The van der Waals surface area contributed by atoms with Crippen LogP contribution in [0.25, 0.3) is 96.9 Å². The number of halogens is 1. The van der Waals surface area contributed by atoms with Gasteiger partial charge in [0.05, 0.1) is 15.7 Å². The molecule has 0 saturated heterocycles. The normalized spacial score (nSPS) is 16.7. The van der Waals surface area contributed by atoms with Crippen molar-refractivity contribution in [3.63, 3.8) is 0 Å². The summed E-state index contributed by atoms with van der Waals surface area (Å²) in [6.07, 6.45) is 13.9. The molecule has 0 saturated carbocycles. The summed E-state index contributed by atoms with van der Waals surface area (Å²) in [5.41, 5.74) is 7.46. The quantitative estimate of drug-likeness (QED) is 0.178. The van der Waals surface area contributed by atoms with E-state index in [2.05, 4.69) is 144 Å². The minimum atomic E-state index is 0.346. The van der Waals surface area contributed by atoms with Crippen molar-refractivity contribution < 1.29 is 0 Å². The highest BCUT2D eigenvalue weighted by Gasteiger charge is 2.30. The van der Waals surface area contributed by atoms with Gasteiger partial charge in [-0.05, 0) is 39.9 Å². The minimum absolute atomic E-state index is 0.346. The van der Waals surface area contributed by atoms with Gasteiger partial charge in [-0.1, -0.05) is 139 Å². The third kappa shape index (κ3) is 3.90. The van der Waals surface area contributed by atoms with E-state index in [1.807, 2.05) is 17.4 Å². The zero-order valence-corrected chi connectivity index (χ0v) is 29.9. The van der Waals surface area contributed by atoms with Crippen LogP contribution in [0.4, 0.5) is 0 Å². The predicted molar refractivity (Wildman–Crippen MR) is 224 cm³/mol. The molecule has 2 aliphatic carbocycles. The molecule has 244 valence electrons. The van der Waals surface area contributed by atoms with Crippen LogP contribution in [-0.2, 0) is 0 Å². The fourth-order valence-corrected chi connectivity index (χ4v) is 11.5. The zero-order chi connectivity index (χ0) is 34.1. The molecule has 52 heavy (non-hydrogen) atoms. The van der Waals surface area contributed by atoms with Gasteiger partial charge in [-0.25, -0.2) is 9.97 Å². The highest BCUT2D eigenvalue weighted by molar-refractivity contribution is 7.25. The molecule has 6 aromatic carbocycles. The Morgan fingerprint density at radius 2 is 1.37 bits per heavy atom. The Kier molecular flexibility index (Phi) is 5.98. The molecule has 0 fully saturated rings. The van der Waals surface area contributed by atoms with Crippen LogP contribution >= 0.6 is 34.3 Å². The second-order valence-corrected chi connectivity index (χ2v) is 16.2. The van der Waals surface area contributed by atoms with Gasteiger partial charge < -0.3 is 4.57 Å². The highest BCUT2D eigenvalue weighted by atomic mass is 35.5. The number of benzene rings is 6. The van der Waals surface area contributed by atoms with Gasteiger partial charge in [0.1, 0.15) is 16.0 Å². The molecule has 2 aliphatic rings. The van der Waals surface area contributed by atoms with Gasteiger partial charge in [0.15, 0.2) is 5.15 Å². The molecular formula is C46H26ClN3S2. The summed E-state index contributed by atoms with van der Waals surface area (Å²) in [7, 11) is 0. The van der Waals surface area contributed by atoms with E-state index >= 15 is 0 Å². The minimum Gasteiger partial charge on any atom is -0.307 e. The van der Waals surface area contributed by atoms with E-state index in [9.17, 15) is 0 Å². The molecule has 0 amide bonds. The summed E-state index contributed by atoms with van der Waals surface area (Å²) < 4.78 is 5.02. The fourth-order valence-electron chi connectivity index (χ4n) is 8.75. The number of hydrogen-bond donors (Lipinski definition) is 0. The van der Waals surface area contributed by atoms with E-state index < -0.39 is 0 Å². The van der Waals surface area contributed by atoms with Gasteiger partial charge >= 0.3 is 0 Å².